The first-order valence-corrected chi connectivity index (χ1v) is 7.36. The van der Waals surface area contributed by atoms with E-state index in [-0.39, 0.29) is 11.3 Å². The molecule has 1 aromatic rings. The number of carbonyl (C=O) groups excluding carboxylic acids is 1. The van der Waals surface area contributed by atoms with Crippen LogP contribution < -0.4 is 5.73 Å². The molecule has 4 heteroatoms. The number of hydrogen-bond acceptors (Lipinski definition) is 3. The van der Waals surface area contributed by atoms with Gasteiger partial charge in [-0.05, 0) is 43.9 Å². The summed E-state index contributed by atoms with van der Waals surface area (Å²) in [6.45, 7) is 8.32. The van der Waals surface area contributed by atoms with Gasteiger partial charge in [-0.1, -0.05) is 19.9 Å². The summed E-state index contributed by atoms with van der Waals surface area (Å²) in [5, 5.41) is 0. The van der Waals surface area contributed by atoms with Crippen molar-refractivity contribution >= 4 is 5.91 Å². The van der Waals surface area contributed by atoms with Crippen LogP contribution in [0.1, 0.15) is 45.7 Å². The lowest BCUT2D eigenvalue weighted by Crippen LogP contribution is -2.31. The fraction of sp³-hybridized carbons (Fsp3) is 0.625. The smallest absolute Gasteiger partial charge is 0.222 e. The first-order chi connectivity index (χ1) is 9.48. The van der Waals surface area contributed by atoms with E-state index in [4.69, 9.17) is 5.73 Å². The molecule has 2 N–H and O–H groups in total. The molecule has 0 fully saturated rings. The topological polar surface area (TPSA) is 59.2 Å². The third-order valence-electron chi connectivity index (χ3n) is 3.65. The summed E-state index contributed by atoms with van der Waals surface area (Å²) < 4.78 is 0. The van der Waals surface area contributed by atoms with Crippen LogP contribution in [0, 0.1) is 5.41 Å². The summed E-state index contributed by atoms with van der Waals surface area (Å²) >= 11 is 0. The Morgan fingerprint density at radius 3 is 2.65 bits per heavy atom. The van der Waals surface area contributed by atoms with Crippen molar-refractivity contribution in [2.24, 2.45) is 11.1 Å². The molecule has 0 radical (unpaired) electrons. The number of hydrogen-bond donors (Lipinski definition) is 1. The maximum atomic E-state index is 12.3. The first-order valence-electron chi connectivity index (χ1n) is 7.36. The Hall–Kier alpha value is -1.42. The predicted octanol–water partition coefficient (Wildman–Crippen LogP) is 2.59. The van der Waals surface area contributed by atoms with E-state index >= 15 is 0 Å². The molecular weight excluding hydrogens is 250 g/mol. The molecule has 0 saturated heterocycles. The van der Waals surface area contributed by atoms with Crippen molar-refractivity contribution in [1.29, 1.82) is 0 Å². The van der Waals surface area contributed by atoms with Crippen LogP contribution in [0.2, 0.25) is 0 Å². The number of carbonyl (C=O) groups is 1. The maximum absolute atomic E-state index is 12.3. The van der Waals surface area contributed by atoms with E-state index in [2.05, 4.69) is 18.8 Å². The van der Waals surface area contributed by atoms with Gasteiger partial charge in [0, 0.05) is 19.2 Å². The fourth-order valence-corrected chi connectivity index (χ4v) is 2.18. The highest BCUT2D eigenvalue weighted by Gasteiger charge is 2.20. The Kier molecular flexibility index (Phi) is 6.65. The van der Waals surface area contributed by atoms with Crippen molar-refractivity contribution < 1.29 is 4.79 Å². The number of nitrogens with zero attached hydrogens (tertiary/aromatic N) is 2. The van der Waals surface area contributed by atoms with E-state index < -0.39 is 0 Å². The highest BCUT2D eigenvalue weighted by molar-refractivity contribution is 5.76. The first kappa shape index (κ1) is 16.6. The summed E-state index contributed by atoms with van der Waals surface area (Å²) in [6.07, 6.45) is 4.17. The summed E-state index contributed by atoms with van der Waals surface area (Å²) in [5.74, 6) is 0.197. The number of nitrogens with two attached hydrogens (primary N) is 1. The Bertz CT molecular complexity index is 403. The van der Waals surface area contributed by atoms with Gasteiger partial charge < -0.3 is 10.6 Å². The standard InChI is InChI=1S/C16H27N3O/c1-4-19(13-14-7-5-6-12-18-14)15(20)8-9-16(2,3)10-11-17/h5-7,12H,4,8-11,13,17H2,1-3H3. The number of pyridine rings is 1. The molecule has 0 atom stereocenters. The fourth-order valence-electron chi connectivity index (χ4n) is 2.18. The minimum atomic E-state index is 0.134. The van der Waals surface area contributed by atoms with Crippen LogP contribution in [0.15, 0.2) is 24.4 Å². The van der Waals surface area contributed by atoms with Crippen molar-refractivity contribution in [3.05, 3.63) is 30.1 Å². The second-order valence-corrected chi connectivity index (χ2v) is 5.93. The van der Waals surface area contributed by atoms with Crippen LogP contribution in [0.5, 0.6) is 0 Å². The maximum Gasteiger partial charge on any atom is 0.222 e. The summed E-state index contributed by atoms with van der Waals surface area (Å²) in [5.41, 5.74) is 6.67. The Labute approximate surface area is 122 Å². The van der Waals surface area contributed by atoms with E-state index in [1.807, 2.05) is 30.0 Å². The molecule has 20 heavy (non-hydrogen) atoms. The van der Waals surface area contributed by atoms with Crippen LogP contribution in [0.3, 0.4) is 0 Å². The molecule has 0 saturated carbocycles. The molecule has 4 nitrogen and oxygen atoms in total. The molecule has 0 unspecified atom stereocenters. The van der Waals surface area contributed by atoms with Crippen molar-refractivity contribution in [1.82, 2.24) is 9.88 Å². The minimum absolute atomic E-state index is 0.134. The van der Waals surface area contributed by atoms with E-state index in [0.717, 1.165) is 18.5 Å². The van der Waals surface area contributed by atoms with Crippen LogP contribution in [-0.4, -0.2) is 28.9 Å². The van der Waals surface area contributed by atoms with E-state index in [1.165, 1.54) is 0 Å². The van der Waals surface area contributed by atoms with Gasteiger partial charge >= 0.3 is 0 Å². The van der Waals surface area contributed by atoms with Gasteiger partial charge in [0.2, 0.25) is 5.91 Å². The van der Waals surface area contributed by atoms with Gasteiger partial charge in [0.15, 0.2) is 0 Å². The molecule has 1 rings (SSSR count). The number of rotatable bonds is 8. The van der Waals surface area contributed by atoms with Gasteiger partial charge in [-0.15, -0.1) is 0 Å². The van der Waals surface area contributed by atoms with Crippen molar-refractivity contribution in [3.8, 4) is 0 Å². The Balaban J connectivity index is 2.51. The second-order valence-electron chi connectivity index (χ2n) is 5.93. The van der Waals surface area contributed by atoms with Gasteiger partial charge in [-0.25, -0.2) is 0 Å². The zero-order valence-corrected chi connectivity index (χ0v) is 12.9. The van der Waals surface area contributed by atoms with Crippen LogP contribution in [0.4, 0.5) is 0 Å². The van der Waals surface area contributed by atoms with E-state index in [9.17, 15) is 4.79 Å². The average Bonchev–Trinajstić information content (AvgIpc) is 2.43. The molecule has 112 valence electrons. The van der Waals surface area contributed by atoms with Crippen LogP contribution in [0.25, 0.3) is 0 Å². The summed E-state index contributed by atoms with van der Waals surface area (Å²) in [4.78, 5) is 18.4. The van der Waals surface area contributed by atoms with Gasteiger partial charge in [-0.3, -0.25) is 9.78 Å². The lowest BCUT2D eigenvalue weighted by Gasteiger charge is -2.26. The lowest BCUT2D eigenvalue weighted by atomic mass is 9.84. The molecule has 0 aromatic carbocycles. The largest absolute Gasteiger partial charge is 0.337 e. The van der Waals surface area contributed by atoms with Gasteiger partial charge in [0.25, 0.3) is 0 Å². The second kappa shape index (κ2) is 8.00. The number of amides is 1. The zero-order chi connectivity index (χ0) is 15.0. The van der Waals surface area contributed by atoms with Crippen LogP contribution in [-0.2, 0) is 11.3 Å². The molecular formula is C16H27N3O. The molecule has 0 spiro atoms. The van der Waals surface area contributed by atoms with Crippen molar-refractivity contribution in [2.45, 2.75) is 46.6 Å². The summed E-state index contributed by atoms with van der Waals surface area (Å²) in [7, 11) is 0. The lowest BCUT2D eigenvalue weighted by molar-refractivity contribution is -0.132. The third kappa shape index (κ3) is 5.70. The Morgan fingerprint density at radius 2 is 2.10 bits per heavy atom. The third-order valence-corrected chi connectivity index (χ3v) is 3.65. The van der Waals surface area contributed by atoms with Crippen molar-refractivity contribution in [2.75, 3.05) is 13.1 Å². The van der Waals surface area contributed by atoms with E-state index in [0.29, 0.717) is 26.1 Å². The molecule has 1 aromatic heterocycles. The molecule has 1 amide bonds. The van der Waals surface area contributed by atoms with Crippen LogP contribution >= 0.6 is 0 Å². The quantitative estimate of drug-likeness (QED) is 0.794. The van der Waals surface area contributed by atoms with E-state index in [1.54, 1.807) is 6.20 Å². The predicted molar refractivity (Wildman–Crippen MR) is 82.0 cm³/mol. The minimum Gasteiger partial charge on any atom is -0.337 e. The zero-order valence-electron chi connectivity index (χ0n) is 12.9. The Morgan fingerprint density at radius 1 is 1.35 bits per heavy atom. The monoisotopic (exact) mass is 277 g/mol. The average molecular weight is 277 g/mol. The van der Waals surface area contributed by atoms with Crippen molar-refractivity contribution in [3.63, 3.8) is 0 Å². The molecule has 0 aliphatic carbocycles. The highest BCUT2D eigenvalue weighted by atomic mass is 16.2. The summed E-state index contributed by atoms with van der Waals surface area (Å²) in [6, 6.07) is 5.79. The highest BCUT2D eigenvalue weighted by Crippen LogP contribution is 2.26. The van der Waals surface area contributed by atoms with Gasteiger partial charge in [0.1, 0.15) is 0 Å². The SMILES string of the molecule is CCN(Cc1ccccn1)C(=O)CCC(C)(C)CCN. The van der Waals surface area contributed by atoms with Gasteiger partial charge in [-0.2, -0.15) is 0 Å². The molecule has 0 aliphatic heterocycles. The normalized spacial score (nSPS) is 11.4. The number of aromatic nitrogens is 1. The molecule has 0 bridgehead atoms. The molecule has 1 heterocycles. The van der Waals surface area contributed by atoms with Gasteiger partial charge in [0.05, 0.1) is 12.2 Å². The molecule has 0 aliphatic rings.